The zero-order chi connectivity index (χ0) is 13.1. The van der Waals surface area contributed by atoms with Crippen LogP contribution in [0.5, 0.6) is 5.75 Å². The first kappa shape index (κ1) is 14.7. The van der Waals surface area contributed by atoms with E-state index < -0.39 is 6.36 Å². The Bertz CT molecular complexity index is 421. The molecule has 0 spiro atoms. The first-order chi connectivity index (χ1) is 7.80. The van der Waals surface area contributed by atoms with Gasteiger partial charge in [0.1, 0.15) is 11.5 Å². The molecule has 0 aliphatic rings. The van der Waals surface area contributed by atoms with Crippen molar-refractivity contribution in [3.05, 3.63) is 27.3 Å². The Balaban J connectivity index is 2.90. The maximum atomic E-state index is 12.0. The van der Waals surface area contributed by atoms with Crippen LogP contribution in [-0.4, -0.2) is 17.5 Å². The zero-order valence-electron chi connectivity index (χ0n) is 8.35. The fourth-order valence-corrected chi connectivity index (χ4v) is 2.10. The van der Waals surface area contributed by atoms with Gasteiger partial charge in [0.25, 0.3) is 0 Å². The van der Waals surface area contributed by atoms with Gasteiger partial charge in [-0.3, -0.25) is 4.79 Å². The van der Waals surface area contributed by atoms with Gasteiger partial charge < -0.3 is 4.74 Å². The van der Waals surface area contributed by atoms with E-state index in [-0.39, 0.29) is 23.3 Å². The van der Waals surface area contributed by atoms with Crippen molar-refractivity contribution in [2.75, 3.05) is 5.33 Å². The van der Waals surface area contributed by atoms with Crippen LogP contribution < -0.4 is 4.74 Å². The third kappa shape index (κ3) is 5.71. The summed E-state index contributed by atoms with van der Waals surface area (Å²) in [7, 11) is 0. The quantitative estimate of drug-likeness (QED) is 0.546. The first-order valence-corrected chi connectivity index (χ1v) is 6.63. The summed E-state index contributed by atoms with van der Waals surface area (Å²) in [4.78, 5) is 11.2. The minimum absolute atomic E-state index is 0.0797. The summed E-state index contributed by atoms with van der Waals surface area (Å²) in [6.07, 6.45) is -4.64. The second-order valence-electron chi connectivity index (χ2n) is 3.19. The molecule has 1 aromatic rings. The average Bonchev–Trinajstić information content (AvgIpc) is 2.13. The molecule has 1 rings (SSSR count). The minimum atomic E-state index is -4.72. The van der Waals surface area contributed by atoms with Crippen LogP contribution in [0.15, 0.2) is 18.2 Å². The molecule has 1 aromatic carbocycles. The molecule has 17 heavy (non-hydrogen) atoms. The number of hydrogen-bond acceptors (Lipinski definition) is 2. The van der Waals surface area contributed by atoms with Crippen LogP contribution in [0.25, 0.3) is 0 Å². The molecular weight excluding hydrogens is 416 g/mol. The monoisotopic (exact) mass is 422 g/mol. The lowest BCUT2D eigenvalue weighted by atomic mass is 10.1. The van der Waals surface area contributed by atoms with Crippen molar-refractivity contribution < 1.29 is 22.7 Å². The lowest BCUT2D eigenvalue weighted by Gasteiger charge is -2.10. The maximum absolute atomic E-state index is 12.0. The molecule has 0 amide bonds. The Hall–Kier alpha value is -0.310. The topological polar surface area (TPSA) is 26.3 Å². The van der Waals surface area contributed by atoms with Gasteiger partial charge in [0.2, 0.25) is 0 Å². The van der Waals surface area contributed by atoms with Gasteiger partial charge in [0, 0.05) is 9.99 Å². The Morgan fingerprint density at radius 2 is 2.00 bits per heavy atom. The van der Waals surface area contributed by atoms with E-state index >= 15 is 0 Å². The molecule has 2 nitrogen and oxygen atoms in total. The minimum Gasteiger partial charge on any atom is -0.406 e. The molecule has 0 bridgehead atoms. The maximum Gasteiger partial charge on any atom is 0.573 e. The molecule has 0 unspecified atom stereocenters. The first-order valence-electron chi connectivity index (χ1n) is 4.43. The summed E-state index contributed by atoms with van der Waals surface area (Å²) in [5, 5.41) is 0.175. The van der Waals surface area contributed by atoms with Crippen LogP contribution in [0.2, 0.25) is 0 Å². The van der Waals surface area contributed by atoms with E-state index in [4.69, 9.17) is 0 Å². The SMILES string of the molecule is O=C(CBr)Cc1cc(I)cc(OC(F)(F)F)c1. The summed E-state index contributed by atoms with van der Waals surface area (Å²) in [5.74, 6) is -0.410. The van der Waals surface area contributed by atoms with Crippen LogP contribution >= 0.6 is 38.5 Å². The summed E-state index contributed by atoms with van der Waals surface area (Å²) in [6.45, 7) is 0. The second kappa shape index (κ2) is 6.03. The van der Waals surface area contributed by atoms with Crippen molar-refractivity contribution in [1.82, 2.24) is 0 Å². The highest BCUT2D eigenvalue weighted by atomic mass is 127. The van der Waals surface area contributed by atoms with E-state index in [1.54, 1.807) is 6.07 Å². The molecule has 0 aliphatic carbocycles. The van der Waals surface area contributed by atoms with Crippen LogP contribution in [0.3, 0.4) is 0 Å². The van der Waals surface area contributed by atoms with E-state index in [1.165, 1.54) is 12.1 Å². The number of alkyl halides is 4. The molecule has 7 heteroatoms. The summed E-state index contributed by atoms with van der Waals surface area (Å²) < 4.78 is 40.5. The van der Waals surface area contributed by atoms with Crippen molar-refractivity contribution in [3.63, 3.8) is 0 Å². The third-order valence-corrected chi connectivity index (χ3v) is 2.96. The number of ketones is 1. The molecule has 0 radical (unpaired) electrons. The summed E-state index contributed by atoms with van der Waals surface area (Å²) in [6, 6.07) is 4.12. The molecule has 0 heterocycles. The third-order valence-electron chi connectivity index (χ3n) is 1.72. The number of Topliss-reactive ketones (excluding diaryl/α,β-unsaturated/α-hetero) is 1. The standard InChI is InChI=1S/C10H7BrF3IO2/c11-5-8(16)2-6-1-7(15)4-9(3-6)17-10(12,13)14/h1,3-4H,2,5H2. The van der Waals surface area contributed by atoms with Crippen LogP contribution in [0.1, 0.15) is 5.56 Å². The van der Waals surface area contributed by atoms with Crippen LogP contribution in [-0.2, 0) is 11.2 Å². The van der Waals surface area contributed by atoms with Gasteiger partial charge in [0.15, 0.2) is 0 Å². The number of ether oxygens (including phenoxy) is 1. The lowest BCUT2D eigenvalue weighted by Crippen LogP contribution is -2.17. The molecule has 0 aromatic heterocycles. The molecule has 0 fully saturated rings. The Labute approximate surface area is 118 Å². The predicted molar refractivity (Wildman–Crippen MR) is 68.3 cm³/mol. The van der Waals surface area contributed by atoms with E-state index in [9.17, 15) is 18.0 Å². The molecule has 94 valence electrons. The number of carbonyl (C=O) groups excluding carboxylic acids is 1. The molecule has 0 aliphatic heterocycles. The number of hydrogen-bond donors (Lipinski definition) is 0. The predicted octanol–water partition coefficient (Wildman–Crippen LogP) is 3.70. The van der Waals surface area contributed by atoms with Crippen LogP contribution in [0.4, 0.5) is 13.2 Å². The average molecular weight is 423 g/mol. The smallest absolute Gasteiger partial charge is 0.406 e. The van der Waals surface area contributed by atoms with Crippen molar-refractivity contribution in [1.29, 1.82) is 0 Å². The number of halogens is 5. The normalized spacial score (nSPS) is 11.4. The molecule has 0 saturated carbocycles. The summed E-state index contributed by atoms with van der Waals surface area (Å²) in [5.41, 5.74) is 0.501. The fourth-order valence-electron chi connectivity index (χ4n) is 1.19. The molecule has 0 saturated heterocycles. The molecule has 0 atom stereocenters. The van der Waals surface area contributed by atoms with E-state index in [0.717, 1.165) is 0 Å². The zero-order valence-corrected chi connectivity index (χ0v) is 12.1. The molecule has 0 N–H and O–H groups in total. The summed E-state index contributed by atoms with van der Waals surface area (Å²) >= 11 is 4.87. The Morgan fingerprint density at radius 1 is 1.35 bits per heavy atom. The Kier molecular flexibility index (Phi) is 5.23. The van der Waals surface area contributed by atoms with Crippen molar-refractivity contribution >= 4 is 44.3 Å². The van der Waals surface area contributed by atoms with E-state index in [2.05, 4.69) is 20.7 Å². The highest BCUT2D eigenvalue weighted by molar-refractivity contribution is 14.1. The van der Waals surface area contributed by atoms with Crippen molar-refractivity contribution in [2.24, 2.45) is 0 Å². The fraction of sp³-hybridized carbons (Fsp3) is 0.300. The van der Waals surface area contributed by atoms with Gasteiger partial charge in [-0.15, -0.1) is 13.2 Å². The van der Waals surface area contributed by atoms with Crippen molar-refractivity contribution in [2.45, 2.75) is 12.8 Å². The highest BCUT2D eigenvalue weighted by Crippen LogP contribution is 2.26. The van der Waals surface area contributed by atoms with Gasteiger partial charge in [-0.05, 0) is 46.4 Å². The van der Waals surface area contributed by atoms with Gasteiger partial charge in [-0.2, -0.15) is 0 Å². The van der Waals surface area contributed by atoms with Gasteiger partial charge in [0.05, 0.1) is 5.33 Å². The van der Waals surface area contributed by atoms with Gasteiger partial charge in [-0.25, -0.2) is 0 Å². The Morgan fingerprint density at radius 3 is 2.53 bits per heavy atom. The van der Waals surface area contributed by atoms with Crippen LogP contribution in [0, 0.1) is 3.57 Å². The number of rotatable bonds is 4. The van der Waals surface area contributed by atoms with E-state index in [1.807, 2.05) is 22.6 Å². The van der Waals surface area contributed by atoms with E-state index in [0.29, 0.717) is 9.13 Å². The van der Waals surface area contributed by atoms with Gasteiger partial charge in [-0.1, -0.05) is 15.9 Å². The lowest BCUT2D eigenvalue weighted by molar-refractivity contribution is -0.274. The van der Waals surface area contributed by atoms with Crippen molar-refractivity contribution in [3.8, 4) is 5.75 Å². The number of carbonyl (C=O) groups is 1. The second-order valence-corrected chi connectivity index (χ2v) is 5.00. The number of benzene rings is 1. The highest BCUT2D eigenvalue weighted by Gasteiger charge is 2.31. The molecular formula is C10H7BrF3IO2. The van der Waals surface area contributed by atoms with Gasteiger partial charge >= 0.3 is 6.36 Å². The largest absolute Gasteiger partial charge is 0.573 e.